The summed E-state index contributed by atoms with van der Waals surface area (Å²) in [5.41, 5.74) is 4.73. The topological polar surface area (TPSA) is 43.7 Å². The molecule has 29 heavy (non-hydrogen) atoms. The third-order valence-corrected chi connectivity index (χ3v) is 6.00. The Kier molecular flexibility index (Phi) is 4.89. The summed E-state index contributed by atoms with van der Waals surface area (Å²) in [6, 6.07) is 8.04. The van der Waals surface area contributed by atoms with Crippen LogP contribution in [0.5, 0.6) is 0 Å². The number of hydrogen-bond acceptors (Lipinski definition) is 2. The molecule has 0 saturated carbocycles. The van der Waals surface area contributed by atoms with Crippen LogP contribution < -0.4 is 5.32 Å². The van der Waals surface area contributed by atoms with Crippen LogP contribution in [-0.2, 0) is 0 Å². The summed E-state index contributed by atoms with van der Waals surface area (Å²) in [6.07, 6.45) is 10.6. The van der Waals surface area contributed by atoms with Crippen molar-refractivity contribution in [3.05, 3.63) is 69.6 Å². The van der Waals surface area contributed by atoms with Gasteiger partial charge in [0.1, 0.15) is 11.2 Å². The Morgan fingerprint density at radius 3 is 2.69 bits per heavy atom. The molecule has 2 aromatic heterocycles. The van der Waals surface area contributed by atoms with Crippen LogP contribution in [0, 0.1) is 11.8 Å². The maximum atomic E-state index is 6.22. The SMILES string of the molecule is Clc1ccc(Cl)c(C#Cc2c[nH]c3ncc(C4=C[N+](C5CCNCC5)=C4)cc23)c1. The van der Waals surface area contributed by atoms with Crippen LogP contribution in [0.15, 0.2) is 42.9 Å². The van der Waals surface area contributed by atoms with E-state index in [2.05, 4.69) is 50.2 Å². The van der Waals surface area contributed by atoms with Crippen LogP contribution in [0.4, 0.5) is 0 Å². The zero-order valence-corrected chi connectivity index (χ0v) is 17.2. The number of benzene rings is 1. The molecule has 0 spiro atoms. The second kappa shape index (κ2) is 7.68. The number of halogens is 2. The van der Waals surface area contributed by atoms with Crippen molar-refractivity contribution >= 4 is 46.0 Å². The first kappa shape index (κ1) is 18.4. The highest BCUT2D eigenvalue weighted by molar-refractivity contribution is 6.33. The van der Waals surface area contributed by atoms with Crippen molar-refractivity contribution in [3.63, 3.8) is 0 Å². The quantitative estimate of drug-likeness (QED) is 0.473. The first-order valence-electron chi connectivity index (χ1n) is 9.67. The standard InChI is InChI=1S/C23H19Cl2N4/c24-19-3-4-22(25)15(9-19)1-2-16-11-27-23-21(16)10-17(12-28-23)18-13-29(14-18)20-5-7-26-8-6-20/h3-4,9-14,20,26H,5-8H2,(H,27,28)/q+1. The summed E-state index contributed by atoms with van der Waals surface area (Å²) in [6.45, 7) is 2.18. The Hall–Kier alpha value is -2.58. The highest BCUT2D eigenvalue weighted by atomic mass is 35.5. The second-order valence-electron chi connectivity index (χ2n) is 7.34. The molecule has 0 unspecified atom stereocenters. The molecule has 4 nitrogen and oxygen atoms in total. The summed E-state index contributed by atoms with van der Waals surface area (Å²) in [5.74, 6) is 6.33. The number of allylic oxidation sites excluding steroid dienone is 1. The number of hydrogen-bond donors (Lipinski definition) is 2. The van der Waals surface area contributed by atoms with Gasteiger partial charge in [0, 0.05) is 59.9 Å². The van der Waals surface area contributed by atoms with Gasteiger partial charge >= 0.3 is 0 Å². The Balaban J connectivity index is 1.42. The van der Waals surface area contributed by atoms with Gasteiger partial charge in [-0.15, -0.1) is 0 Å². The van der Waals surface area contributed by atoms with E-state index in [0.29, 0.717) is 21.7 Å². The molecule has 0 radical (unpaired) electrons. The van der Waals surface area contributed by atoms with E-state index in [1.807, 2.05) is 12.4 Å². The number of nitrogens with one attached hydrogen (secondary N) is 2. The normalized spacial score (nSPS) is 16.6. The number of fused-ring (bicyclic) bond motifs is 1. The highest BCUT2D eigenvalue weighted by Gasteiger charge is 2.29. The van der Waals surface area contributed by atoms with Gasteiger partial charge < -0.3 is 10.3 Å². The van der Waals surface area contributed by atoms with E-state index in [1.165, 1.54) is 18.4 Å². The van der Waals surface area contributed by atoms with Crippen LogP contribution in [-0.4, -0.2) is 39.9 Å². The smallest absolute Gasteiger partial charge is 0.183 e. The third-order valence-electron chi connectivity index (χ3n) is 5.43. The van der Waals surface area contributed by atoms with Crippen LogP contribution in [0.1, 0.15) is 29.5 Å². The number of pyridine rings is 1. The minimum atomic E-state index is 0.591. The number of aromatic amines is 1. The maximum absolute atomic E-state index is 6.22. The van der Waals surface area contributed by atoms with Crippen LogP contribution in [0.25, 0.3) is 16.6 Å². The predicted molar refractivity (Wildman–Crippen MR) is 119 cm³/mol. The van der Waals surface area contributed by atoms with E-state index in [9.17, 15) is 0 Å². The molecule has 2 N–H and O–H groups in total. The lowest BCUT2D eigenvalue weighted by atomic mass is 10.0. The van der Waals surface area contributed by atoms with Gasteiger partial charge in [-0.1, -0.05) is 35.0 Å². The van der Waals surface area contributed by atoms with Gasteiger partial charge in [0.25, 0.3) is 0 Å². The van der Waals surface area contributed by atoms with Crippen molar-refractivity contribution in [2.24, 2.45) is 0 Å². The van der Waals surface area contributed by atoms with Crippen molar-refractivity contribution in [1.29, 1.82) is 0 Å². The highest BCUT2D eigenvalue weighted by Crippen LogP contribution is 2.25. The molecule has 5 rings (SSSR count). The average Bonchev–Trinajstić information content (AvgIpc) is 3.11. The average molecular weight is 422 g/mol. The molecule has 0 amide bonds. The van der Waals surface area contributed by atoms with Crippen molar-refractivity contribution in [2.45, 2.75) is 18.9 Å². The lowest BCUT2D eigenvalue weighted by molar-refractivity contribution is -0.505. The molecule has 6 heteroatoms. The first-order chi connectivity index (χ1) is 14.2. The van der Waals surface area contributed by atoms with Gasteiger partial charge in [-0.2, -0.15) is 0 Å². The van der Waals surface area contributed by atoms with Crippen LogP contribution >= 0.6 is 23.2 Å². The summed E-state index contributed by atoms with van der Waals surface area (Å²) in [5, 5.41) is 5.62. The van der Waals surface area contributed by atoms with Gasteiger partial charge in [0.2, 0.25) is 0 Å². The summed E-state index contributed by atoms with van der Waals surface area (Å²) in [7, 11) is 0. The third kappa shape index (κ3) is 3.70. The van der Waals surface area contributed by atoms with E-state index in [4.69, 9.17) is 23.2 Å². The first-order valence-corrected chi connectivity index (χ1v) is 10.4. The number of rotatable bonds is 2. The summed E-state index contributed by atoms with van der Waals surface area (Å²) < 4.78 is 2.33. The Morgan fingerprint density at radius 2 is 1.86 bits per heavy atom. The molecular weight excluding hydrogens is 403 g/mol. The molecule has 3 aromatic rings. The fourth-order valence-electron chi connectivity index (χ4n) is 3.77. The molecule has 2 aliphatic rings. The van der Waals surface area contributed by atoms with Gasteiger partial charge in [0.15, 0.2) is 18.5 Å². The minimum Gasteiger partial charge on any atom is -0.345 e. The number of H-pyrrole nitrogens is 1. The second-order valence-corrected chi connectivity index (χ2v) is 8.18. The Morgan fingerprint density at radius 1 is 1.07 bits per heavy atom. The molecule has 0 aliphatic carbocycles. The minimum absolute atomic E-state index is 0.591. The predicted octanol–water partition coefficient (Wildman–Crippen LogP) is 4.46. The molecule has 1 saturated heterocycles. The molecule has 4 heterocycles. The number of piperidine rings is 1. The molecule has 1 aromatic carbocycles. The molecule has 2 aliphatic heterocycles. The van der Waals surface area contributed by atoms with Gasteiger partial charge in [-0.05, 0) is 24.3 Å². The van der Waals surface area contributed by atoms with Crippen molar-refractivity contribution in [2.75, 3.05) is 13.1 Å². The van der Waals surface area contributed by atoms with Gasteiger partial charge in [-0.3, -0.25) is 0 Å². The Bertz CT molecular complexity index is 1220. The summed E-state index contributed by atoms with van der Waals surface area (Å²) >= 11 is 12.3. The lowest BCUT2D eigenvalue weighted by Gasteiger charge is -2.22. The monoisotopic (exact) mass is 421 g/mol. The van der Waals surface area contributed by atoms with Gasteiger partial charge in [-0.25, -0.2) is 9.56 Å². The maximum Gasteiger partial charge on any atom is 0.183 e. The Labute approximate surface area is 179 Å². The molecule has 144 valence electrons. The van der Waals surface area contributed by atoms with Crippen LogP contribution in [0.3, 0.4) is 0 Å². The number of aromatic nitrogens is 2. The van der Waals surface area contributed by atoms with E-state index in [1.54, 1.807) is 18.2 Å². The summed E-state index contributed by atoms with van der Waals surface area (Å²) in [4.78, 5) is 7.76. The zero-order chi connectivity index (χ0) is 19.8. The molecule has 1 fully saturated rings. The van der Waals surface area contributed by atoms with Crippen molar-refractivity contribution in [3.8, 4) is 11.8 Å². The van der Waals surface area contributed by atoms with Crippen molar-refractivity contribution in [1.82, 2.24) is 15.3 Å². The lowest BCUT2D eigenvalue weighted by Crippen LogP contribution is -2.38. The fraction of sp³-hybridized carbons (Fsp3) is 0.217. The van der Waals surface area contributed by atoms with E-state index in [-0.39, 0.29) is 0 Å². The largest absolute Gasteiger partial charge is 0.345 e. The molecule has 0 atom stereocenters. The zero-order valence-electron chi connectivity index (χ0n) is 15.7. The van der Waals surface area contributed by atoms with E-state index >= 15 is 0 Å². The molecular formula is C23H19Cl2N4+. The molecule has 0 bridgehead atoms. The number of nitrogens with zero attached hydrogens (tertiary/aromatic N) is 2. The van der Waals surface area contributed by atoms with Crippen molar-refractivity contribution < 1.29 is 4.58 Å². The van der Waals surface area contributed by atoms with E-state index < -0.39 is 0 Å². The van der Waals surface area contributed by atoms with Gasteiger partial charge in [0.05, 0.1) is 10.6 Å². The fourth-order valence-corrected chi connectivity index (χ4v) is 4.10. The van der Waals surface area contributed by atoms with E-state index in [0.717, 1.165) is 35.2 Å². The van der Waals surface area contributed by atoms with Crippen LogP contribution in [0.2, 0.25) is 10.0 Å².